The summed E-state index contributed by atoms with van der Waals surface area (Å²) < 4.78 is 98.3. The Hall–Kier alpha value is -14.8. The van der Waals surface area contributed by atoms with E-state index in [2.05, 4.69) is 244 Å². The van der Waals surface area contributed by atoms with Crippen molar-refractivity contribution in [1.82, 2.24) is 23.3 Å². The van der Waals surface area contributed by atoms with Gasteiger partial charge in [0.25, 0.3) is 0 Å². The van der Waals surface area contributed by atoms with Crippen molar-refractivity contribution in [3.8, 4) is 45.0 Å². The second kappa shape index (κ2) is 25.9. The molecule has 9 nitrogen and oxygen atoms in total. The van der Waals surface area contributed by atoms with Gasteiger partial charge in [0, 0.05) is 87.6 Å². The van der Waals surface area contributed by atoms with Crippen LogP contribution in [-0.2, 0) is 5.41 Å². The van der Waals surface area contributed by atoms with Gasteiger partial charge in [-0.25, -0.2) is 26.8 Å². The number of hydrogen-bond donors (Lipinski definition) is 0. The van der Waals surface area contributed by atoms with Gasteiger partial charge < -0.3 is 31.5 Å². The summed E-state index contributed by atoms with van der Waals surface area (Å²) in [7, 11) is 0. The van der Waals surface area contributed by atoms with E-state index in [0.717, 1.165) is 105 Å². The van der Waals surface area contributed by atoms with Crippen LogP contribution < -0.4 is 0 Å². The van der Waals surface area contributed by atoms with Crippen molar-refractivity contribution in [3.05, 3.63) is 362 Å². The standard InChI is InChI=1S/C35H21N3O.C35H26N2O.C30H14F5NO/c1-5-13-28-23(9-1)24-10-2-6-14-29(24)37(28)22-17-18-33-27(21-22)34-35(39-33)32(19-20-36-34)38-30-15-7-3-11-25(30)26-12-4-8-16-31(26)38;1-35(2,3)24-11-14-26(15-12-24)37-31-8-6-5-7-27(31)28-19-22(9-16-32(28)37)23-10-17-33-29(20-23)30-21-25(36-4)13-18-34(30)38-33;31-25-24(26(32)28(34)29(35)27(25)33)15-12-13-23-19(14-15)18-8-5-11-22(30(18)37-23)36-20-9-3-1-6-16(20)17-7-2-4-10-21(17)36/h1-21H;5-21H,1-3H3;1-14H. The van der Waals surface area contributed by atoms with Crippen molar-refractivity contribution in [2.45, 2.75) is 26.2 Å². The fourth-order valence-electron chi connectivity index (χ4n) is 17.0. The predicted molar refractivity (Wildman–Crippen MR) is 452 cm³/mol. The van der Waals surface area contributed by atoms with Crippen molar-refractivity contribution >= 4 is 159 Å². The van der Waals surface area contributed by atoms with E-state index in [4.69, 9.17) is 24.8 Å². The fraction of sp³-hybridized carbons (Fsp3) is 0.0400. The molecule has 0 saturated carbocycles. The van der Waals surface area contributed by atoms with E-state index in [1.54, 1.807) is 12.1 Å². The topological polar surface area (TPSA) is 76.4 Å². The van der Waals surface area contributed by atoms with E-state index in [1.807, 2.05) is 85.1 Å². The molecular weight excluding hydrogens is 1430 g/mol. The lowest BCUT2D eigenvalue weighted by atomic mass is 9.87. The third kappa shape index (κ3) is 10.5. The van der Waals surface area contributed by atoms with Crippen LogP contribution in [-0.4, -0.2) is 23.3 Å². The second-order valence-electron chi connectivity index (χ2n) is 29.8. The third-order valence-corrected chi connectivity index (χ3v) is 22.3. The molecule has 0 aliphatic heterocycles. The lowest BCUT2D eigenvalue weighted by Gasteiger charge is -2.19. The monoisotopic (exact) mass is 1490 g/mol. The highest BCUT2D eigenvalue weighted by Gasteiger charge is 2.29. The molecule has 0 amide bonds. The van der Waals surface area contributed by atoms with Gasteiger partial charge in [0.2, 0.25) is 5.82 Å². The van der Waals surface area contributed by atoms with Crippen LogP contribution in [0, 0.1) is 35.7 Å². The number of hydrogen-bond acceptors (Lipinski definition) is 4. The first kappa shape index (κ1) is 67.3. The van der Waals surface area contributed by atoms with E-state index in [0.29, 0.717) is 27.6 Å². The molecule has 0 aliphatic rings. The minimum atomic E-state index is -2.19. The Morgan fingerprint density at radius 1 is 0.298 bits per heavy atom. The zero-order chi connectivity index (χ0) is 76.9. The summed E-state index contributed by atoms with van der Waals surface area (Å²) >= 11 is 0. The summed E-state index contributed by atoms with van der Waals surface area (Å²) in [6.07, 6.45) is 1.89. The summed E-state index contributed by atoms with van der Waals surface area (Å²) in [5.41, 5.74) is 21.3. The molecule has 0 unspecified atom stereocenters. The van der Waals surface area contributed by atoms with Crippen molar-refractivity contribution in [2.75, 3.05) is 0 Å². The van der Waals surface area contributed by atoms with Crippen LogP contribution in [0.4, 0.5) is 27.6 Å². The Labute approximate surface area is 646 Å². The van der Waals surface area contributed by atoms with Crippen molar-refractivity contribution in [2.24, 2.45) is 0 Å². The highest BCUT2D eigenvalue weighted by Crippen LogP contribution is 2.45. The highest BCUT2D eigenvalue weighted by molar-refractivity contribution is 6.17. The maximum absolute atomic E-state index is 14.5. The average molecular weight is 1490 g/mol. The number of nitrogens with zero attached hydrogens (tertiary/aromatic N) is 6. The molecule has 8 heterocycles. The molecule has 114 heavy (non-hydrogen) atoms. The second-order valence-corrected chi connectivity index (χ2v) is 29.8. The maximum atomic E-state index is 14.5. The molecule has 544 valence electrons. The maximum Gasteiger partial charge on any atom is 0.200 e. The Morgan fingerprint density at radius 3 is 1.21 bits per heavy atom. The van der Waals surface area contributed by atoms with Gasteiger partial charge in [0.15, 0.2) is 40.1 Å². The van der Waals surface area contributed by atoms with Gasteiger partial charge >= 0.3 is 0 Å². The summed E-state index contributed by atoms with van der Waals surface area (Å²) in [5, 5.41) is 13.7. The first-order valence-corrected chi connectivity index (χ1v) is 37.5. The molecule has 14 heteroatoms. The number of rotatable bonds is 6. The van der Waals surface area contributed by atoms with Crippen LogP contribution >= 0.6 is 0 Å². The largest absolute Gasteiger partial charge is 0.456 e. The van der Waals surface area contributed by atoms with Gasteiger partial charge in [0.05, 0.1) is 67.6 Å². The summed E-state index contributed by atoms with van der Waals surface area (Å²) in [4.78, 5) is 8.43. The van der Waals surface area contributed by atoms with Gasteiger partial charge in [-0.1, -0.05) is 197 Å². The van der Waals surface area contributed by atoms with E-state index < -0.39 is 34.6 Å². The molecule has 0 N–H and O–H groups in total. The van der Waals surface area contributed by atoms with Crippen molar-refractivity contribution in [1.29, 1.82) is 0 Å². The van der Waals surface area contributed by atoms with Gasteiger partial charge in [-0.2, -0.15) is 0 Å². The molecule has 15 aromatic carbocycles. The molecule has 0 bridgehead atoms. The Bertz CT molecular complexity index is 7820. The summed E-state index contributed by atoms with van der Waals surface area (Å²) in [6, 6.07) is 105. The number of para-hydroxylation sites is 8. The van der Waals surface area contributed by atoms with Crippen LogP contribution in [0.5, 0.6) is 0 Å². The molecule has 23 rings (SSSR count). The van der Waals surface area contributed by atoms with Crippen LogP contribution in [0.1, 0.15) is 26.3 Å². The Morgan fingerprint density at radius 2 is 0.675 bits per heavy atom. The third-order valence-electron chi connectivity index (χ3n) is 22.3. The first-order valence-electron chi connectivity index (χ1n) is 37.5. The zero-order valence-electron chi connectivity index (χ0n) is 61.3. The number of fused-ring (bicyclic) bond motifs is 21. The van der Waals surface area contributed by atoms with Gasteiger partial charge in [0.1, 0.15) is 27.8 Å². The van der Waals surface area contributed by atoms with E-state index >= 15 is 0 Å². The number of aromatic nitrogens is 5. The average Bonchev–Trinajstić information content (AvgIpc) is 1.58. The normalized spacial score (nSPS) is 12.0. The molecule has 0 radical (unpaired) electrons. The Balaban J connectivity index is 0.000000107. The van der Waals surface area contributed by atoms with Crippen LogP contribution in [0.3, 0.4) is 0 Å². The number of halogens is 5. The minimum absolute atomic E-state index is 0.118. The fourth-order valence-corrected chi connectivity index (χ4v) is 17.0. The van der Waals surface area contributed by atoms with E-state index in [1.165, 1.54) is 83.8 Å². The zero-order valence-corrected chi connectivity index (χ0v) is 61.3. The first-order chi connectivity index (χ1) is 55.7. The molecular formula is C100H61F5N6O3. The Kier molecular flexibility index (Phi) is 15.3. The van der Waals surface area contributed by atoms with E-state index in [-0.39, 0.29) is 11.0 Å². The quantitative estimate of drug-likeness (QED) is 0.0719. The molecule has 0 spiro atoms. The molecule has 0 atom stereocenters. The lowest BCUT2D eigenvalue weighted by Crippen LogP contribution is -2.10. The SMILES string of the molecule is Fc1c(F)c(F)c(-c2ccc3oc4c(-n5c6ccccc6c6ccccc65)cccc4c3c2)c(F)c1F.[C-]#[N+]c1ccc2oc3ccc(-c4ccc5c(c4)c4ccccc4n5-c4ccc(C(C)(C)C)cc4)cc3c2c1.c1ccc2c(c1)c1ccccc1n2-c1ccc2oc3c(-n4c5ccccc5c5ccccc54)ccnc3c2c1. The predicted octanol–water partition coefficient (Wildman–Crippen LogP) is 28.4. The number of furan rings is 3. The van der Waals surface area contributed by atoms with Crippen molar-refractivity contribution < 1.29 is 35.2 Å². The summed E-state index contributed by atoms with van der Waals surface area (Å²) in [5.74, 6) is -9.92. The number of benzene rings is 15. The molecule has 23 aromatic rings. The smallest absolute Gasteiger partial charge is 0.200 e. The summed E-state index contributed by atoms with van der Waals surface area (Å²) in [6.45, 7) is 14.1. The van der Waals surface area contributed by atoms with Gasteiger partial charge in [-0.3, -0.25) is 4.98 Å². The molecule has 8 aromatic heterocycles. The molecule has 0 aliphatic carbocycles. The van der Waals surface area contributed by atoms with Crippen LogP contribution in [0.15, 0.2) is 329 Å². The lowest BCUT2D eigenvalue weighted by molar-refractivity contribution is 0.381. The van der Waals surface area contributed by atoms with E-state index in [9.17, 15) is 22.0 Å². The highest BCUT2D eigenvalue weighted by atomic mass is 19.2. The van der Waals surface area contributed by atoms with Gasteiger partial charge in [-0.05, 0) is 161 Å². The van der Waals surface area contributed by atoms with Crippen LogP contribution in [0.25, 0.3) is 203 Å². The van der Waals surface area contributed by atoms with Crippen LogP contribution in [0.2, 0.25) is 0 Å². The number of pyridine rings is 1. The van der Waals surface area contributed by atoms with Gasteiger partial charge in [-0.15, -0.1) is 0 Å². The molecule has 0 fully saturated rings. The minimum Gasteiger partial charge on any atom is -0.456 e. The van der Waals surface area contributed by atoms with Crippen molar-refractivity contribution in [3.63, 3.8) is 0 Å². The molecule has 0 saturated heterocycles.